The van der Waals surface area contributed by atoms with Gasteiger partial charge in [0.1, 0.15) is 0 Å². The third-order valence-corrected chi connectivity index (χ3v) is 9.19. The Morgan fingerprint density at radius 2 is 0.689 bits per heavy atom. The van der Waals surface area contributed by atoms with Crippen molar-refractivity contribution in [1.29, 1.82) is 0 Å². The lowest BCUT2D eigenvalue weighted by atomic mass is 9.96. The van der Waals surface area contributed by atoms with E-state index in [-0.39, 0.29) is 0 Å². The molecule has 0 saturated heterocycles. The van der Waals surface area contributed by atoms with Gasteiger partial charge < -0.3 is 4.90 Å². The van der Waals surface area contributed by atoms with E-state index < -0.39 is 0 Å². The van der Waals surface area contributed by atoms with Gasteiger partial charge in [-0.25, -0.2) is 0 Å². The highest BCUT2D eigenvalue weighted by Crippen LogP contribution is 2.41. The molecule has 210 valence electrons. The Balaban J connectivity index is 1.30. The first-order valence-corrected chi connectivity index (χ1v) is 15.5. The van der Waals surface area contributed by atoms with Crippen molar-refractivity contribution in [1.82, 2.24) is 0 Å². The van der Waals surface area contributed by atoms with Gasteiger partial charge in [0, 0.05) is 17.1 Å². The summed E-state index contributed by atoms with van der Waals surface area (Å²) < 4.78 is 0. The fourth-order valence-corrected chi connectivity index (χ4v) is 6.98. The maximum atomic E-state index is 2.41. The van der Waals surface area contributed by atoms with Gasteiger partial charge in [-0.05, 0) is 101 Å². The van der Waals surface area contributed by atoms with Crippen LogP contribution in [-0.4, -0.2) is 0 Å². The summed E-state index contributed by atoms with van der Waals surface area (Å²) in [5.74, 6) is 0. The van der Waals surface area contributed by atoms with E-state index in [4.69, 9.17) is 0 Å². The van der Waals surface area contributed by atoms with E-state index in [0.29, 0.717) is 0 Å². The van der Waals surface area contributed by atoms with Gasteiger partial charge in [-0.2, -0.15) is 0 Å². The van der Waals surface area contributed by atoms with Gasteiger partial charge in [0.25, 0.3) is 0 Å². The first-order valence-electron chi connectivity index (χ1n) is 15.5. The van der Waals surface area contributed by atoms with E-state index in [0.717, 1.165) is 17.1 Å². The van der Waals surface area contributed by atoms with Crippen molar-refractivity contribution < 1.29 is 0 Å². The zero-order chi connectivity index (χ0) is 29.7. The predicted molar refractivity (Wildman–Crippen MR) is 194 cm³/mol. The normalized spacial score (nSPS) is 11.6. The minimum atomic E-state index is 1.13. The van der Waals surface area contributed by atoms with Crippen LogP contribution in [-0.2, 0) is 0 Å². The maximum absolute atomic E-state index is 2.41. The second kappa shape index (κ2) is 10.4. The Labute approximate surface area is 262 Å². The Kier molecular flexibility index (Phi) is 5.89. The van der Waals surface area contributed by atoms with Crippen LogP contribution in [0.3, 0.4) is 0 Å². The number of fused-ring (bicyclic) bond motifs is 8. The summed E-state index contributed by atoms with van der Waals surface area (Å²) in [6.07, 6.45) is 0. The molecular weight excluding hydrogens is 542 g/mol. The van der Waals surface area contributed by atoms with Gasteiger partial charge >= 0.3 is 0 Å². The van der Waals surface area contributed by atoms with Crippen molar-refractivity contribution >= 4 is 70.9 Å². The zero-order valence-electron chi connectivity index (χ0n) is 24.7. The molecule has 1 nitrogen and oxygen atoms in total. The Bertz CT molecular complexity index is 2550. The van der Waals surface area contributed by atoms with Crippen molar-refractivity contribution in [3.05, 3.63) is 176 Å². The van der Waals surface area contributed by atoms with Crippen molar-refractivity contribution in [2.45, 2.75) is 0 Å². The highest BCUT2D eigenvalue weighted by Gasteiger charge is 2.16. The Hall–Kier alpha value is -5.92. The van der Waals surface area contributed by atoms with Gasteiger partial charge in [-0.15, -0.1) is 0 Å². The number of hydrogen-bond acceptors (Lipinski definition) is 1. The average molecular weight is 572 g/mol. The summed E-state index contributed by atoms with van der Waals surface area (Å²) >= 11 is 0. The summed E-state index contributed by atoms with van der Waals surface area (Å²) in [4.78, 5) is 2.41. The van der Waals surface area contributed by atoms with Gasteiger partial charge in [0.15, 0.2) is 0 Å². The fourth-order valence-electron chi connectivity index (χ4n) is 6.98. The van der Waals surface area contributed by atoms with Crippen LogP contribution in [0.25, 0.3) is 65.0 Å². The number of hydrogen-bond donors (Lipinski definition) is 0. The molecule has 9 rings (SSSR count). The largest absolute Gasteiger partial charge is 0.310 e. The fraction of sp³-hybridized carbons (Fsp3) is 0. The average Bonchev–Trinajstić information content (AvgIpc) is 3.12. The molecule has 45 heavy (non-hydrogen) atoms. The van der Waals surface area contributed by atoms with Gasteiger partial charge in [-0.1, -0.05) is 140 Å². The monoisotopic (exact) mass is 571 g/mol. The second-order valence-corrected chi connectivity index (χ2v) is 11.8. The Morgan fingerprint density at radius 3 is 1.36 bits per heavy atom. The molecule has 0 N–H and O–H groups in total. The molecule has 0 aliphatic carbocycles. The van der Waals surface area contributed by atoms with Crippen LogP contribution in [0, 0.1) is 0 Å². The van der Waals surface area contributed by atoms with Crippen molar-refractivity contribution in [2.75, 3.05) is 4.90 Å². The molecule has 0 bridgehead atoms. The highest BCUT2D eigenvalue weighted by molar-refractivity contribution is 6.18. The van der Waals surface area contributed by atoms with E-state index in [1.165, 1.54) is 65.0 Å². The molecule has 0 saturated carbocycles. The maximum Gasteiger partial charge on any atom is 0.0468 e. The summed E-state index contributed by atoms with van der Waals surface area (Å²) in [6, 6.07) is 64.2. The van der Waals surface area contributed by atoms with Gasteiger partial charge in [0.05, 0.1) is 0 Å². The third-order valence-electron chi connectivity index (χ3n) is 9.19. The van der Waals surface area contributed by atoms with Crippen LogP contribution in [0.2, 0.25) is 0 Å². The molecule has 0 amide bonds. The van der Waals surface area contributed by atoms with E-state index in [1.54, 1.807) is 0 Å². The van der Waals surface area contributed by atoms with Gasteiger partial charge in [0.2, 0.25) is 0 Å². The number of anilines is 3. The Morgan fingerprint density at radius 1 is 0.244 bits per heavy atom. The molecular formula is C44H29N. The van der Waals surface area contributed by atoms with E-state index >= 15 is 0 Å². The second-order valence-electron chi connectivity index (χ2n) is 11.8. The SMILES string of the molecule is c1ccc(-c2cccc(N(c3ccc4ccc5ccccc5c4c3)c3ccc4ccc5c6ccccc6ccc5c4c3)c2)cc1. The van der Waals surface area contributed by atoms with E-state index in [2.05, 4.69) is 181 Å². The lowest BCUT2D eigenvalue weighted by molar-refractivity contribution is 1.30. The predicted octanol–water partition coefficient (Wildman–Crippen LogP) is 12.6. The van der Waals surface area contributed by atoms with E-state index in [1.807, 2.05) is 0 Å². The van der Waals surface area contributed by atoms with E-state index in [9.17, 15) is 0 Å². The van der Waals surface area contributed by atoms with Crippen LogP contribution >= 0.6 is 0 Å². The molecule has 1 heteroatoms. The highest BCUT2D eigenvalue weighted by atomic mass is 15.1. The first kappa shape index (κ1) is 25.6. The van der Waals surface area contributed by atoms with Crippen LogP contribution < -0.4 is 4.90 Å². The molecule has 9 aromatic rings. The van der Waals surface area contributed by atoms with Crippen LogP contribution in [0.5, 0.6) is 0 Å². The molecule has 0 aliphatic heterocycles. The first-order chi connectivity index (χ1) is 22.3. The van der Waals surface area contributed by atoms with Crippen LogP contribution in [0.4, 0.5) is 17.1 Å². The number of benzene rings is 9. The van der Waals surface area contributed by atoms with Crippen LogP contribution in [0.15, 0.2) is 176 Å². The molecule has 9 aromatic carbocycles. The van der Waals surface area contributed by atoms with Crippen molar-refractivity contribution in [3.63, 3.8) is 0 Å². The van der Waals surface area contributed by atoms with Gasteiger partial charge in [-0.3, -0.25) is 0 Å². The molecule has 0 radical (unpaired) electrons. The molecule has 0 unspecified atom stereocenters. The summed E-state index contributed by atoms with van der Waals surface area (Å²) in [5, 5.41) is 12.6. The lowest BCUT2D eigenvalue weighted by Crippen LogP contribution is -2.10. The summed E-state index contributed by atoms with van der Waals surface area (Å²) in [7, 11) is 0. The lowest BCUT2D eigenvalue weighted by Gasteiger charge is -2.27. The number of rotatable bonds is 4. The number of nitrogens with zero attached hydrogens (tertiary/aromatic N) is 1. The molecule has 0 fully saturated rings. The standard InChI is InChI=1S/C44H29N/c1-2-9-30(10-3-1)35-13-8-14-36(27-35)45(37-23-19-33-18-17-31-11-5-7-16-40(31)43(33)28-37)38-24-20-34-22-25-41-39-15-6-4-12-32(39)21-26-42(41)44(34)29-38/h1-29H. The summed E-state index contributed by atoms with van der Waals surface area (Å²) in [5.41, 5.74) is 5.80. The topological polar surface area (TPSA) is 3.24 Å². The molecule has 0 aliphatic rings. The third kappa shape index (κ3) is 4.32. The van der Waals surface area contributed by atoms with Crippen LogP contribution in [0.1, 0.15) is 0 Å². The van der Waals surface area contributed by atoms with Crippen molar-refractivity contribution in [3.8, 4) is 11.1 Å². The minimum Gasteiger partial charge on any atom is -0.310 e. The smallest absolute Gasteiger partial charge is 0.0468 e. The molecule has 0 heterocycles. The summed E-state index contributed by atoms with van der Waals surface area (Å²) in [6.45, 7) is 0. The quantitative estimate of drug-likeness (QED) is 0.190. The molecule has 0 spiro atoms. The minimum absolute atomic E-state index is 1.13. The zero-order valence-corrected chi connectivity index (χ0v) is 24.7. The molecule has 0 aromatic heterocycles. The van der Waals surface area contributed by atoms with Crippen molar-refractivity contribution in [2.24, 2.45) is 0 Å². The molecule has 0 atom stereocenters.